The van der Waals surface area contributed by atoms with E-state index in [4.69, 9.17) is 16.0 Å². The molecule has 0 atom stereocenters. The van der Waals surface area contributed by atoms with Gasteiger partial charge in [-0.15, -0.1) is 0 Å². The molecule has 12 heteroatoms. The first-order valence-electron chi connectivity index (χ1n) is 11.7. The predicted octanol–water partition coefficient (Wildman–Crippen LogP) is 5.79. The molecule has 0 saturated heterocycles. The zero-order valence-corrected chi connectivity index (χ0v) is 20.7. The number of rotatable bonds is 7. The largest absolute Gasteiger partial charge is 0.478 e. The fourth-order valence-corrected chi connectivity index (χ4v) is 4.14. The van der Waals surface area contributed by atoms with Gasteiger partial charge in [-0.25, -0.2) is 4.79 Å². The summed E-state index contributed by atoms with van der Waals surface area (Å²) < 4.78 is 47.1. The summed E-state index contributed by atoms with van der Waals surface area (Å²) in [6.07, 6.45) is -1.93. The van der Waals surface area contributed by atoms with E-state index in [0.717, 1.165) is 25.0 Å². The van der Waals surface area contributed by atoms with Crippen LogP contribution in [-0.2, 0) is 4.79 Å². The van der Waals surface area contributed by atoms with Gasteiger partial charge in [0.15, 0.2) is 5.71 Å². The fraction of sp³-hybridized carbons (Fsp3) is 0.185. The molecule has 2 amide bonds. The van der Waals surface area contributed by atoms with E-state index in [1.54, 1.807) is 6.07 Å². The standard InChI is InChI=1S/C27H19ClF3N3O5/c28-21-8-6-15(11-19(21)24(35)32-13-14-4-5-14)22-9-7-18(39-22)12-20-23(27(29,30)31)33-34(25(20)36)17-3-1-2-16(10-17)26(37)38/h1-3,6-12,14H,4-5,13H2,(H,32,35)(H,37,38)/b20-12+. The molecule has 1 aromatic heterocycles. The van der Waals surface area contributed by atoms with E-state index in [1.807, 2.05) is 0 Å². The smallest absolute Gasteiger partial charge is 0.435 e. The number of carboxylic acid groups (broad SMARTS) is 1. The SMILES string of the molecule is O=C(O)c1cccc(N2N=C(C(F)(F)F)/C(=C\c3ccc(-c4ccc(Cl)c(C(=O)NCC5CC5)c4)o3)C2=O)c1. The van der Waals surface area contributed by atoms with Crippen molar-refractivity contribution in [3.05, 3.63) is 82.1 Å². The summed E-state index contributed by atoms with van der Waals surface area (Å²) in [5, 5.41) is 16.2. The molecule has 0 spiro atoms. The van der Waals surface area contributed by atoms with Gasteiger partial charge in [0, 0.05) is 12.1 Å². The molecule has 2 aromatic carbocycles. The van der Waals surface area contributed by atoms with Gasteiger partial charge in [0.25, 0.3) is 11.8 Å². The first-order valence-corrected chi connectivity index (χ1v) is 12.1. The van der Waals surface area contributed by atoms with Gasteiger partial charge < -0.3 is 14.8 Å². The van der Waals surface area contributed by atoms with Crippen molar-refractivity contribution in [3.8, 4) is 11.3 Å². The summed E-state index contributed by atoms with van der Waals surface area (Å²) >= 11 is 6.20. The van der Waals surface area contributed by atoms with Crippen molar-refractivity contribution in [2.45, 2.75) is 19.0 Å². The molecule has 0 radical (unpaired) electrons. The number of halogens is 4. The van der Waals surface area contributed by atoms with Gasteiger partial charge in [-0.3, -0.25) is 9.59 Å². The summed E-state index contributed by atoms with van der Waals surface area (Å²) in [6, 6.07) is 12.3. The van der Waals surface area contributed by atoms with Crippen LogP contribution in [0.3, 0.4) is 0 Å². The number of hydrogen-bond acceptors (Lipinski definition) is 5. The molecule has 0 unspecified atom stereocenters. The van der Waals surface area contributed by atoms with Crippen molar-refractivity contribution in [2.75, 3.05) is 11.6 Å². The lowest BCUT2D eigenvalue weighted by Crippen LogP contribution is -2.25. The molecular weight excluding hydrogens is 539 g/mol. The minimum atomic E-state index is -4.98. The fourth-order valence-electron chi connectivity index (χ4n) is 3.93. The van der Waals surface area contributed by atoms with Crippen LogP contribution in [0.25, 0.3) is 17.4 Å². The Hall–Kier alpha value is -4.38. The van der Waals surface area contributed by atoms with Gasteiger partial charge in [0.1, 0.15) is 11.5 Å². The van der Waals surface area contributed by atoms with Gasteiger partial charge in [-0.1, -0.05) is 17.7 Å². The van der Waals surface area contributed by atoms with Crippen LogP contribution in [0.4, 0.5) is 18.9 Å². The normalized spacial score (nSPS) is 16.5. The summed E-state index contributed by atoms with van der Waals surface area (Å²) in [7, 11) is 0. The Morgan fingerprint density at radius 2 is 1.92 bits per heavy atom. The molecule has 1 aliphatic heterocycles. The Kier molecular flexibility index (Phi) is 6.77. The van der Waals surface area contributed by atoms with Crippen LogP contribution in [0, 0.1) is 5.92 Å². The van der Waals surface area contributed by atoms with Crippen molar-refractivity contribution in [1.82, 2.24) is 5.32 Å². The number of carbonyl (C=O) groups is 3. The molecule has 1 saturated carbocycles. The summed E-state index contributed by atoms with van der Waals surface area (Å²) in [6.45, 7) is 0.548. The zero-order valence-electron chi connectivity index (χ0n) is 20.0. The number of hydrogen-bond donors (Lipinski definition) is 2. The van der Waals surface area contributed by atoms with E-state index in [-0.39, 0.29) is 39.3 Å². The Morgan fingerprint density at radius 3 is 2.62 bits per heavy atom. The van der Waals surface area contributed by atoms with Gasteiger partial charge in [0.2, 0.25) is 0 Å². The molecule has 39 heavy (non-hydrogen) atoms. The van der Waals surface area contributed by atoms with E-state index in [2.05, 4.69) is 10.4 Å². The van der Waals surface area contributed by atoms with Gasteiger partial charge >= 0.3 is 12.1 Å². The van der Waals surface area contributed by atoms with E-state index < -0.39 is 29.3 Å². The monoisotopic (exact) mass is 557 g/mol. The average Bonchev–Trinajstić information content (AvgIpc) is 3.51. The molecule has 1 fully saturated rings. The molecular formula is C27H19ClF3N3O5. The molecule has 200 valence electrons. The van der Waals surface area contributed by atoms with Crippen molar-refractivity contribution < 1.29 is 37.1 Å². The maximum Gasteiger partial charge on any atom is 0.435 e. The average molecular weight is 558 g/mol. The second-order valence-corrected chi connectivity index (χ2v) is 9.43. The number of alkyl halides is 3. The Bertz CT molecular complexity index is 1560. The van der Waals surface area contributed by atoms with Crippen molar-refractivity contribution >= 4 is 46.9 Å². The number of nitrogens with one attached hydrogen (secondary N) is 1. The van der Waals surface area contributed by atoms with E-state index in [1.165, 1.54) is 42.5 Å². The molecule has 1 aliphatic carbocycles. The maximum absolute atomic E-state index is 13.8. The van der Waals surface area contributed by atoms with Crippen LogP contribution >= 0.6 is 11.6 Å². The molecule has 2 N–H and O–H groups in total. The zero-order chi connectivity index (χ0) is 27.9. The highest BCUT2D eigenvalue weighted by atomic mass is 35.5. The molecule has 0 bridgehead atoms. The lowest BCUT2D eigenvalue weighted by Gasteiger charge is -2.11. The van der Waals surface area contributed by atoms with Gasteiger partial charge in [0.05, 0.1) is 27.4 Å². The van der Waals surface area contributed by atoms with Crippen molar-refractivity contribution in [3.63, 3.8) is 0 Å². The topological polar surface area (TPSA) is 112 Å². The number of furan rings is 1. The van der Waals surface area contributed by atoms with Gasteiger partial charge in [-0.05, 0) is 73.4 Å². The maximum atomic E-state index is 13.8. The van der Waals surface area contributed by atoms with E-state index in [0.29, 0.717) is 23.0 Å². The van der Waals surface area contributed by atoms with Crippen LogP contribution in [0.15, 0.2) is 69.7 Å². The van der Waals surface area contributed by atoms with Crippen LogP contribution in [0.2, 0.25) is 5.02 Å². The molecule has 2 heterocycles. The third-order valence-corrected chi connectivity index (χ3v) is 6.47. The lowest BCUT2D eigenvalue weighted by molar-refractivity contribution is -0.114. The molecule has 5 rings (SSSR count). The number of hydrazone groups is 1. The quantitative estimate of drug-likeness (QED) is 0.357. The lowest BCUT2D eigenvalue weighted by atomic mass is 10.1. The third kappa shape index (κ3) is 5.58. The van der Waals surface area contributed by atoms with Crippen LogP contribution < -0.4 is 10.3 Å². The van der Waals surface area contributed by atoms with Crippen molar-refractivity contribution in [1.29, 1.82) is 0 Å². The Morgan fingerprint density at radius 1 is 1.15 bits per heavy atom. The number of carbonyl (C=O) groups excluding carboxylic acids is 2. The number of amides is 2. The van der Waals surface area contributed by atoms with Crippen LogP contribution in [0.5, 0.6) is 0 Å². The van der Waals surface area contributed by atoms with Crippen LogP contribution in [0.1, 0.15) is 39.3 Å². The van der Waals surface area contributed by atoms with Gasteiger partial charge in [-0.2, -0.15) is 23.3 Å². The number of aromatic carboxylic acids is 1. The summed E-state index contributed by atoms with van der Waals surface area (Å²) in [5.41, 5.74) is -1.91. The third-order valence-electron chi connectivity index (χ3n) is 6.14. The van der Waals surface area contributed by atoms with E-state index >= 15 is 0 Å². The summed E-state index contributed by atoms with van der Waals surface area (Å²) in [4.78, 5) is 36.8. The van der Waals surface area contributed by atoms with Crippen molar-refractivity contribution in [2.24, 2.45) is 11.0 Å². The highest BCUT2D eigenvalue weighted by Gasteiger charge is 2.47. The van der Waals surface area contributed by atoms with E-state index in [9.17, 15) is 32.7 Å². The number of anilines is 1. The number of nitrogens with zero attached hydrogens (tertiary/aromatic N) is 2. The number of benzene rings is 2. The predicted molar refractivity (Wildman–Crippen MR) is 137 cm³/mol. The molecule has 2 aliphatic rings. The second kappa shape index (κ2) is 10.1. The Labute approximate surface area is 224 Å². The first kappa shape index (κ1) is 26.2. The highest BCUT2D eigenvalue weighted by molar-refractivity contribution is 6.34. The molecule has 8 nitrogen and oxygen atoms in total. The minimum absolute atomic E-state index is 0.0684. The summed E-state index contributed by atoms with van der Waals surface area (Å²) in [5.74, 6) is -2.13. The second-order valence-electron chi connectivity index (χ2n) is 9.03. The molecule has 3 aromatic rings. The minimum Gasteiger partial charge on any atom is -0.478 e. The first-order chi connectivity index (χ1) is 18.5. The van der Waals surface area contributed by atoms with Crippen LogP contribution in [-0.4, -0.2) is 41.3 Å². The number of carboxylic acids is 1. The Balaban J connectivity index is 1.44. The highest BCUT2D eigenvalue weighted by Crippen LogP contribution is 2.34.